The molecule has 0 aromatic heterocycles. The van der Waals surface area contributed by atoms with Crippen LogP contribution in [0, 0.1) is 0 Å². The van der Waals surface area contributed by atoms with Crippen LogP contribution in [0.1, 0.15) is 5.56 Å². The Balaban J connectivity index is 0.00000312. The highest BCUT2D eigenvalue weighted by atomic mass is 35.5. The van der Waals surface area contributed by atoms with Crippen molar-refractivity contribution >= 4 is 34.3 Å². The Morgan fingerprint density at radius 1 is 1.08 bits per heavy atom. The van der Waals surface area contributed by atoms with E-state index in [-0.39, 0.29) is 30.6 Å². The molecule has 1 aliphatic rings. The highest BCUT2D eigenvalue weighted by molar-refractivity contribution is 7.88. The van der Waals surface area contributed by atoms with Crippen LogP contribution in [-0.4, -0.2) is 73.9 Å². The zero-order chi connectivity index (χ0) is 17.6. The number of aliphatic carboxylic acids is 1. The van der Waals surface area contributed by atoms with Gasteiger partial charge in [-0.15, -0.1) is 12.4 Å². The van der Waals surface area contributed by atoms with E-state index in [2.05, 4.69) is 5.32 Å². The van der Waals surface area contributed by atoms with Crippen LogP contribution in [0.25, 0.3) is 0 Å². The molecule has 0 saturated carbocycles. The monoisotopic (exact) mass is 391 g/mol. The summed E-state index contributed by atoms with van der Waals surface area (Å²) in [5.74, 6) is -1.51. The number of nitrogens with one attached hydrogen (secondary N) is 1. The van der Waals surface area contributed by atoms with Gasteiger partial charge in [0.1, 0.15) is 6.54 Å². The van der Waals surface area contributed by atoms with Gasteiger partial charge < -0.3 is 10.4 Å². The van der Waals surface area contributed by atoms with Gasteiger partial charge in [-0.3, -0.25) is 14.5 Å². The van der Waals surface area contributed by atoms with Gasteiger partial charge in [-0.05, 0) is 5.56 Å². The van der Waals surface area contributed by atoms with E-state index >= 15 is 0 Å². The van der Waals surface area contributed by atoms with Gasteiger partial charge >= 0.3 is 5.97 Å². The van der Waals surface area contributed by atoms with Crippen LogP contribution in [0.5, 0.6) is 0 Å². The average Bonchev–Trinajstić information content (AvgIpc) is 2.54. The summed E-state index contributed by atoms with van der Waals surface area (Å²) >= 11 is 0. The van der Waals surface area contributed by atoms with E-state index in [1.54, 1.807) is 24.3 Å². The molecule has 0 bridgehead atoms. The number of halogens is 1. The van der Waals surface area contributed by atoms with Gasteiger partial charge in [0.15, 0.2) is 0 Å². The van der Waals surface area contributed by atoms with Crippen molar-refractivity contribution in [2.24, 2.45) is 0 Å². The van der Waals surface area contributed by atoms with E-state index < -0.39 is 22.5 Å². The summed E-state index contributed by atoms with van der Waals surface area (Å²) < 4.78 is 26.3. The van der Waals surface area contributed by atoms with Gasteiger partial charge in [0.05, 0.1) is 12.3 Å². The predicted molar refractivity (Wildman–Crippen MR) is 95.0 cm³/mol. The molecule has 1 aromatic carbocycles. The summed E-state index contributed by atoms with van der Waals surface area (Å²) in [7, 11) is -3.38. The Bertz CT molecular complexity index is 676. The maximum Gasteiger partial charge on any atom is 0.322 e. The van der Waals surface area contributed by atoms with Gasteiger partial charge in [0.2, 0.25) is 15.9 Å². The van der Waals surface area contributed by atoms with Crippen LogP contribution >= 0.6 is 12.4 Å². The third-order valence-electron chi connectivity index (χ3n) is 3.72. The third-order valence-corrected chi connectivity index (χ3v) is 5.57. The lowest BCUT2D eigenvalue weighted by molar-refractivity contribution is -0.138. The van der Waals surface area contributed by atoms with E-state index in [9.17, 15) is 18.0 Å². The Hall–Kier alpha value is -1.68. The molecule has 2 rings (SSSR count). The Morgan fingerprint density at radius 3 is 2.24 bits per heavy atom. The molecule has 0 radical (unpaired) electrons. The molecule has 1 heterocycles. The number of carboxylic acids is 1. The van der Waals surface area contributed by atoms with Crippen LogP contribution < -0.4 is 5.32 Å². The number of hydrogen-bond donors (Lipinski definition) is 2. The second-order valence-electron chi connectivity index (χ2n) is 5.59. The van der Waals surface area contributed by atoms with Crippen molar-refractivity contribution in [3.8, 4) is 0 Å². The lowest BCUT2D eigenvalue weighted by Crippen LogP contribution is -2.51. The molecule has 10 heteroatoms. The second kappa shape index (κ2) is 9.71. The molecule has 140 valence electrons. The normalized spacial score (nSPS) is 16.0. The largest absolute Gasteiger partial charge is 0.480 e. The minimum absolute atomic E-state index is 0. The summed E-state index contributed by atoms with van der Waals surface area (Å²) in [4.78, 5) is 23.8. The Kier molecular flexibility index (Phi) is 8.30. The molecule has 0 spiro atoms. The topological polar surface area (TPSA) is 107 Å². The number of carbonyl (C=O) groups is 2. The number of carboxylic acid groups (broad SMARTS) is 1. The SMILES string of the molecule is Cl.O=C(O)CNC(=O)CN1CCN(S(=O)(=O)Cc2ccccc2)CC1. The molecule has 1 amide bonds. The van der Waals surface area contributed by atoms with Crippen molar-refractivity contribution in [3.63, 3.8) is 0 Å². The summed E-state index contributed by atoms with van der Waals surface area (Å²) in [6, 6.07) is 9.00. The van der Waals surface area contributed by atoms with E-state index in [4.69, 9.17) is 5.11 Å². The van der Waals surface area contributed by atoms with Crippen molar-refractivity contribution in [1.29, 1.82) is 0 Å². The predicted octanol–water partition coefficient (Wildman–Crippen LogP) is -0.243. The van der Waals surface area contributed by atoms with Crippen LogP contribution in [0.2, 0.25) is 0 Å². The van der Waals surface area contributed by atoms with Gasteiger partial charge in [-0.2, -0.15) is 4.31 Å². The Morgan fingerprint density at radius 2 is 1.68 bits per heavy atom. The molecule has 0 aliphatic carbocycles. The van der Waals surface area contributed by atoms with E-state index in [1.165, 1.54) is 4.31 Å². The maximum absolute atomic E-state index is 12.4. The fourth-order valence-electron chi connectivity index (χ4n) is 2.48. The van der Waals surface area contributed by atoms with Crippen molar-refractivity contribution in [3.05, 3.63) is 35.9 Å². The van der Waals surface area contributed by atoms with Crippen LogP contribution in [0.15, 0.2) is 30.3 Å². The van der Waals surface area contributed by atoms with E-state index in [0.29, 0.717) is 26.2 Å². The average molecular weight is 392 g/mol. The number of nitrogens with zero attached hydrogens (tertiary/aromatic N) is 2. The molecular weight excluding hydrogens is 370 g/mol. The standard InChI is InChI=1S/C15H21N3O5S.ClH/c19-14(16-10-15(20)21)11-17-6-8-18(9-7-17)24(22,23)12-13-4-2-1-3-5-13;/h1-5H,6-12H2,(H,16,19)(H,20,21);1H. The van der Waals surface area contributed by atoms with Crippen LogP contribution in [0.4, 0.5) is 0 Å². The zero-order valence-corrected chi connectivity index (χ0v) is 15.3. The minimum atomic E-state index is -3.38. The fourth-order valence-corrected chi connectivity index (χ4v) is 3.99. The van der Waals surface area contributed by atoms with Crippen molar-refractivity contribution in [2.75, 3.05) is 39.3 Å². The molecule has 1 fully saturated rings. The van der Waals surface area contributed by atoms with E-state index in [0.717, 1.165) is 5.56 Å². The maximum atomic E-state index is 12.4. The number of amides is 1. The first-order valence-corrected chi connectivity index (χ1v) is 9.20. The number of hydrogen-bond acceptors (Lipinski definition) is 5. The lowest BCUT2D eigenvalue weighted by Gasteiger charge is -2.33. The molecular formula is C15H22ClN3O5S. The molecule has 1 aliphatic heterocycles. The third kappa shape index (κ3) is 6.99. The minimum Gasteiger partial charge on any atom is -0.480 e. The van der Waals surface area contributed by atoms with Crippen LogP contribution in [0.3, 0.4) is 0 Å². The van der Waals surface area contributed by atoms with Crippen molar-refractivity contribution in [2.45, 2.75) is 5.75 Å². The van der Waals surface area contributed by atoms with E-state index in [1.807, 2.05) is 11.0 Å². The molecule has 8 nitrogen and oxygen atoms in total. The second-order valence-corrected chi connectivity index (χ2v) is 7.56. The fraction of sp³-hybridized carbons (Fsp3) is 0.467. The van der Waals surface area contributed by atoms with Crippen molar-refractivity contribution in [1.82, 2.24) is 14.5 Å². The quantitative estimate of drug-likeness (QED) is 0.664. The van der Waals surface area contributed by atoms with Crippen LogP contribution in [-0.2, 0) is 25.4 Å². The zero-order valence-electron chi connectivity index (χ0n) is 13.6. The first kappa shape index (κ1) is 21.4. The summed E-state index contributed by atoms with van der Waals surface area (Å²) in [5.41, 5.74) is 0.743. The lowest BCUT2D eigenvalue weighted by atomic mass is 10.2. The number of carbonyl (C=O) groups excluding carboxylic acids is 1. The Labute approximate surface area is 153 Å². The summed E-state index contributed by atoms with van der Waals surface area (Å²) in [6.07, 6.45) is 0. The number of piperazine rings is 1. The highest BCUT2D eigenvalue weighted by Crippen LogP contribution is 2.13. The van der Waals surface area contributed by atoms with Gasteiger partial charge in [-0.1, -0.05) is 30.3 Å². The van der Waals surface area contributed by atoms with Gasteiger partial charge in [0.25, 0.3) is 0 Å². The number of rotatable bonds is 7. The summed E-state index contributed by atoms with van der Waals surface area (Å²) in [6.45, 7) is 1.18. The molecule has 25 heavy (non-hydrogen) atoms. The van der Waals surface area contributed by atoms with Gasteiger partial charge in [-0.25, -0.2) is 8.42 Å². The highest BCUT2D eigenvalue weighted by Gasteiger charge is 2.27. The first-order valence-electron chi connectivity index (χ1n) is 7.59. The molecule has 1 aromatic rings. The summed E-state index contributed by atoms with van der Waals surface area (Å²) in [5, 5.41) is 10.8. The van der Waals surface area contributed by atoms with Crippen molar-refractivity contribution < 1.29 is 23.1 Å². The van der Waals surface area contributed by atoms with Gasteiger partial charge in [0, 0.05) is 26.2 Å². The number of benzene rings is 1. The molecule has 2 N–H and O–H groups in total. The molecule has 0 unspecified atom stereocenters. The molecule has 1 saturated heterocycles. The smallest absolute Gasteiger partial charge is 0.322 e. The first-order chi connectivity index (χ1) is 11.4. The molecule has 0 atom stereocenters. The number of sulfonamides is 1.